The van der Waals surface area contributed by atoms with E-state index in [0.29, 0.717) is 6.61 Å². The number of rotatable bonds is 6. The Kier molecular flexibility index (Phi) is 5.81. The third-order valence-corrected chi connectivity index (χ3v) is 3.48. The first-order valence-electron chi connectivity index (χ1n) is 7.49. The van der Waals surface area contributed by atoms with Gasteiger partial charge in [-0.15, -0.1) is 0 Å². The van der Waals surface area contributed by atoms with Gasteiger partial charge in [0.1, 0.15) is 0 Å². The zero-order chi connectivity index (χ0) is 15.1. The Bertz CT molecular complexity index is 485. The van der Waals surface area contributed by atoms with Gasteiger partial charge in [-0.25, -0.2) is 0 Å². The number of amides is 1. The Morgan fingerprint density at radius 3 is 2.81 bits per heavy atom. The normalized spacial score (nSPS) is 16.0. The zero-order valence-corrected chi connectivity index (χ0v) is 12.8. The molecule has 21 heavy (non-hydrogen) atoms. The molecular formula is C17H24N2O2. The lowest BCUT2D eigenvalue weighted by Gasteiger charge is -2.23. The standard InChI is InChI=1S/C17H24N2O2/c1-14(18-17(20)16-9-6-10-21-13-16)11-19(2)12-15-7-4-3-5-8-15/h3-5,7-8,13-14H,6,9-12H2,1-2H3,(H,18,20)/t14-/m1/s1. The van der Waals surface area contributed by atoms with E-state index in [4.69, 9.17) is 4.74 Å². The molecule has 1 heterocycles. The van der Waals surface area contributed by atoms with Gasteiger partial charge in [0.05, 0.1) is 18.4 Å². The molecule has 4 nitrogen and oxygen atoms in total. The Morgan fingerprint density at radius 1 is 1.38 bits per heavy atom. The van der Waals surface area contributed by atoms with Crippen molar-refractivity contribution in [2.75, 3.05) is 20.2 Å². The van der Waals surface area contributed by atoms with E-state index < -0.39 is 0 Å². The molecule has 4 heteroatoms. The molecule has 0 fully saturated rings. The fourth-order valence-corrected chi connectivity index (χ4v) is 2.52. The highest BCUT2D eigenvalue weighted by atomic mass is 16.5. The third-order valence-electron chi connectivity index (χ3n) is 3.48. The Hall–Kier alpha value is -1.81. The topological polar surface area (TPSA) is 41.6 Å². The smallest absolute Gasteiger partial charge is 0.250 e. The van der Waals surface area contributed by atoms with Crippen molar-refractivity contribution in [3.63, 3.8) is 0 Å². The first kappa shape index (κ1) is 15.6. The second kappa shape index (κ2) is 7.84. The lowest BCUT2D eigenvalue weighted by atomic mass is 10.1. The lowest BCUT2D eigenvalue weighted by Crippen LogP contribution is -2.41. The van der Waals surface area contributed by atoms with Gasteiger partial charge in [-0.05, 0) is 32.4 Å². The van der Waals surface area contributed by atoms with Gasteiger partial charge in [-0.3, -0.25) is 4.79 Å². The molecule has 1 aromatic rings. The fourth-order valence-electron chi connectivity index (χ4n) is 2.52. The summed E-state index contributed by atoms with van der Waals surface area (Å²) in [5.41, 5.74) is 2.03. The molecule has 0 aliphatic carbocycles. The number of nitrogens with zero attached hydrogens (tertiary/aromatic N) is 1. The minimum absolute atomic E-state index is 0.00434. The maximum atomic E-state index is 12.1. The summed E-state index contributed by atoms with van der Waals surface area (Å²) in [6, 6.07) is 10.4. The average Bonchev–Trinajstić information content (AvgIpc) is 2.48. The quantitative estimate of drug-likeness (QED) is 0.873. The van der Waals surface area contributed by atoms with Crippen LogP contribution in [0.4, 0.5) is 0 Å². The summed E-state index contributed by atoms with van der Waals surface area (Å²) in [6.07, 6.45) is 3.32. The summed E-state index contributed by atoms with van der Waals surface area (Å²) in [5.74, 6) is -0.00434. The first-order chi connectivity index (χ1) is 10.1. The maximum absolute atomic E-state index is 12.1. The summed E-state index contributed by atoms with van der Waals surface area (Å²) in [6.45, 7) is 4.44. The number of hydrogen-bond donors (Lipinski definition) is 1. The molecule has 114 valence electrons. The molecule has 0 radical (unpaired) electrons. The Balaban J connectivity index is 1.77. The lowest BCUT2D eigenvalue weighted by molar-refractivity contribution is -0.118. The van der Waals surface area contributed by atoms with E-state index in [2.05, 4.69) is 29.4 Å². The van der Waals surface area contributed by atoms with Crippen LogP contribution in [-0.4, -0.2) is 37.0 Å². The van der Waals surface area contributed by atoms with Crippen LogP contribution in [0.3, 0.4) is 0 Å². The van der Waals surface area contributed by atoms with Crippen molar-refractivity contribution in [1.29, 1.82) is 0 Å². The SMILES string of the molecule is C[C@H](CN(C)Cc1ccccc1)NC(=O)C1=COCCC1. The largest absolute Gasteiger partial charge is 0.501 e. The first-order valence-corrected chi connectivity index (χ1v) is 7.49. The van der Waals surface area contributed by atoms with Gasteiger partial charge in [0.15, 0.2) is 0 Å². The molecule has 1 amide bonds. The molecule has 1 atom stereocenters. The van der Waals surface area contributed by atoms with Gasteiger partial charge in [0.25, 0.3) is 5.91 Å². The van der Waals surface area contributed by atoms with Crippen molar-refractivity contribution in [1.82, 2.24) is 10.2 Å². The van der Waals surface area contributed by atoms with Crippen LogP contribution in [0.5, 0.6) is 0 Å². The van der Waals surface area contributed by atoms with Crippen LogP contribution >= 0.6 is 0 Å². The van der Waals surface area contributed by atoms with Crippen molar-refractivity contribution >= 4 is 5.91 Å². The van der Waals surface area contributed by atoms with Gasteiger partial charge < -0.3 is 15.0 Å². The predicted octanol–water partition coefficient (Wildman–Crippen LogP) is 2.32. The molecule has 0 unspecified atom stereocenters. The number of nitrogens with one attached hydrogen (secondary N) is 1. The summed E-state index contributed by atoms with van der Waals surface area (Å²) >= 11 is 0. The Labute approximate surface area is 126 Å². The van der Waals surface area contributed by atoms with E-state index in [1.807, 2.05) is 25.1 Å². The highest BCUT2D eigenvalue weighted by Crippen LogP contribution is 2.12. The average molecular weight is 288 g/mol. The van der Waals surface area contributed by atoms with E-state index in [9.17, 15) is 4.79 Å². The van der Waals surface area contributed by atoms with E-state index in [1.165, 1.54) is 5.56 Å². The molecule has 0 saturated heterocycles. The minimum atomic E-state index is -0.00434. The summed E-state index contributed by atoms with van der Waals surface area (Å²) in [5, 5.41) is 3.04. The molecule has 0 spiro atoms. The van der Waals surface area contributed by atoms with E-state index in [1.54, 1.807) is 6.26 Å². The number of carbonyl (C=O) groups is 1. The van der Waals surface area contributed by atoms with Crippen molar-refractivity contribution in [2.24, 2.45) is 0 Å². The molecule has 0 aromatic heterocycles. The van der Waals surface area contributed by atoms with E-state index >= 15 is 0 Å². The summed E-state index contributed by atoms with van der Waals surface area (Å²) in [4.78, 5) is 14.3. The highest BCUT2D eigenvalue weighted by molar-refractivity contribution is 5.93. The van der Waals surface area contributed by atoms with Crippen LogP contribution in [0.1, 0.15) is 25.3 Å². The fraction of sp³-hybridized carbons (Fsp3) is 0.471. The number of benzene rings is 1. The van der Waals surface area contributed by atoms with Crippen molar-refractivity contribution in [3.8, 4) is 0 Å². The summed E-state index contributed by atoms with van der Waals surface area (Å²) in [7, 11) is 2.07. The third kappa shape index (κ3) is 5.23. The second-order valence-corrected chi connectivity index (χ2v) is 5.67. The van der Waals surface area contributed by atoms with Gasteiger partial charge in [-0.2, -0.15) is 0 Å². The van der Waals surface area contributed by atoms with Crippen LogP contribution in [0.2, 0.25) is 0 Å². The van der Waals surface area contributed by atoms with Gasteiger partial charge in [0.2, 0.25) is 0 Å². The molecule has 0 bridgehead atoms. The highest BCUT2D eigenvalue weighted by Gasteiger charge is 2.16. The van der Waals surface area contributed by atoms with Crippen LogP contribution < -0.4 is 5.32 Å². The van der Waals surface area contributed by atoms with Crippen LogP contribution in [0.15, 0.2) is 42.2 Å². The van der Waals surface area contributed by atoms with Crippen LogP contribution in [0.25, 0.3) is 0 Å². The number of carbonyl (C=O) groups excluding carboxylic acids is 1. The van der Waals surface area contributed by atoms with Gasteiger partial charge >= 0.3 is 0 Å². The van der Waals surface area contributed by atoms with Crippen molar-refractivity contribution in [2.45, 2.75) is 32.4 Å². The Morgan fingerprint density at radius 2 is 2.14 bits per heavy atom. The van der Waals surface area contributed by atoms with Crippen molar-refractivity contribution < 1.29 is 9.53 Å². The molecular weight excluding hydrogens is 264 g/mol. The van der Waals surface area contributed by atoms with Crippen LogP contribution in [-0.2, 0) is 16.1 Å². The van der Waals surface area contributed by atoms with Crippen molar-refractivity contribution in [3.05, 3.63) is 47.7 Å². The number of ether oxygens (including phenoxy) is 1. The maximum Gasteiger partial charge on any atom is 0.250 e. The minimum Gasteiger partial charge on any atom is -0.501 e. The molecule has 0 saturated carbocycles. The zero-order valence-electron chi connectivity index (χ0n) is 12.8. The molecule has 1 aliphatic rings. The second-order valence-electron chi connectivity index (χ2n) is 5.67. The number of likely N-dealkylation sites (N-methyl/N-ethyl adjacent to an activating group) is 1. The van der Waals surface area contributed by atoms with E-state index in [0.717, 1.165) is 31.5 Å². The van der Waals surface area contributed by atoms with Gasteiger partial charge in [-0.1, -0.05) is 30.3 Å². The molecule has 2 rings (SSSR count). The van der Waals surface area contributed by atoms with E-state index in [-0.39, 0.29) is 11.9 Å². The van der Waals surface area contributed by atoms with Gasteiger partial charge in [0, 0.05) is 19.1 Å². The summed E-state index contributed by atoms with van der Waals surface area (Å²) < 4.78 is 5.21. The number of hydrogen-bond acceptors (Lipinski definition) is 3. The molecule has 1 N–H and O–H groups in total. The van der Waals surface area contributed by atoms with Crippen LogP contribution in [0, 0.1) is 0 Å². The monoisotopic (exact) mass is 288 g/mol. The molecule has 1 aliphatic heterocycles. The molecule has 1 aromatic carbocycles. The predicted molar refractivity (Wildman–Crippen MR) is 83.6 cm³/mol.